The minimum Gasteiger partial charge on any atom is -0.317 e. The van der Waals surface area contributed by atoms with E-state index >= 15 is 0 Å². The normalized spacial score (nSPS) is 13.8. The van der Waals surface area contributed by atoms with Crippen molar-refractivity contribution in [3.05, 3.63) is 116 Å². The van der Waals surface area contributed by atoms with Crippen LogP contribution in [0.25, 0.3) is 43.4 Å². The highest BCUT2D eigenvalue weighted by Gasteiger charge is 2.36. The second-order valence-electron chi connectivity index (χ2n) is 13.4. The maximum absolute atomic E-state index is 13.6. The van der Waals surface area contributed by atoms with Crippen LogP contribution in [0.4, 0.5) is 11.4 Å². The van der Waals surface area contributed by atoms with E-state index in [0.717, 1.165) is 9.80 Å². The Kier molecular flexibility index (Phi) is 10.1. The number of carbonyl (C=O) groups is 4. The molecule has 0 saturated heterocycles. The third-order valence-corrected chi connectivity index (χ3v) is 9.62. The summed E-state index contributed by atoms with van der Waals surface area (Å²) in [6.07, 6.45) is 5.27. The molecule has 0 fully saturated rings. The Morgan fingerprint density at radius 3 is 1.46 bits per heavy atom. The molecule has 2 aliphatic heterocycles. The Bertz CT molecular complexity index is 2680. The van der Waals surface area contributed by atoms with Crippen LogP contribution in [0, 0.1) is 20.2 Å². The van der Waals surface area contributed by atoms with Crippen LogP contribution in [0.15, 0.2) is 73.1 Å². The maximum Gasteiger partial charge on any atom is 0.270 e. The summed E-state index contributed by atoms with van der Waals surface area (Å²) in [6, 6.07) is 15.4. The molecule has 57 heavy (non-hydrogen) atoms. The number of nitrogens with zero attached hydrogens (tertiary/aromatic N) is 6. The highest BCUT2D eigenvalue weighted by molar-refractivity contribution is 7.85. The number of benzene rings is 4. The number of nitro groups is 2. The first-order chi connectivity index (χ1) is 27.1. The van der Waals surface area contributed by atoms with Gasteiger partial charge in [0.25, 0.3) is 45.1 Å². The van der Waals surface area contributed by atoms with Gasteiger partial charge in [0.05, 0.1) is 38.3 Å². The Hall–Kier alpha value is -6.83. The third-order valence-electron chi connectivity index (χ3n) is 9.62. The number of rotatable bonds is 11. The minimum atomic E-state index is -3.67. The largest absolute Gasteiger partial charge is 0.317 e. The summed E-state index contributed by atoms with van der Waals surface area (Å²) in [5, 5.41) is 29.5. The van der Waals surface area contributed by atoms with E-state index < -0.39 is 43.6 Å². The van der Waals surface area contributed by atoms with Crippen molar-refractivity contribution in [1.29, 1.82) is 0 Å². The number of hydrogen-bond donors (Lipinski definition) is 2. The molecule has 290 valence electrons. The van der Waals surface area contributed by atoms with E-state index in [1.54, 1.807) is 48.8 Å². The fourth-order valence-corrected chi connectivity index (χ4v) is 7.25. The Labute approximate surface area is 322 Å². The van der Waals surface area contributed by atoms with Crippen LogP contribution in [0.3, 0.4) is 0 Å². The maximum atomic E-state index is 13.6. The van der Waals surface area contributed by atoms with Crippen LogP contribution in [-0.2, 0) is 10.1 Å². The van der Waals surface area contributed by atoms with E-state index in [0.29, 0.717) is 87.5 Å². The van der Waals surface area contributed by atoms with Crippen LogP contribution >= 0.6 is 0 Å². The molecule has 2 N–H and O–H groups in total. The molecule has 4 amide bonds. The van der Waals surface area contributed by atoms with Crippen molar-refractivity contribution in [2.45, 2.75) is 19.3 Å². The van der Waals surface area contributed by atoms with Crippen molar-refractivity contribution >= 4 is 88.5 Å². The molecule has 6 aromatic rings. The number of pyridine rings is 2. The molecule has 4 aromatic carbocycles. The van der Waals surface area contributed by atoms with Crippen molar-refractivity contribution in [2.24, 2.45) is 0 Å². The summed E-state index contributed by atoms with van der Waals surface area (Å²) >= 11 is 0. The van der Waals surface area contributed by atoms with Gasteiger partial charge in [0.15, 0.2) is 0 Å². The molecule has 18 nitrogen and oxygen atoms in total. The fraction of sp³-hybridized carbons (Fsp3) is 0.211. The van der Waals surface area contributed by atoms with Crippen LogP contribution in [0.2, 0.25) is 0 Å². The van der Waals surface area contributed by atoms with Gasteiger partial charge in [-0.1, -0.05) is 12.1 Å². The van der Waals surface area contributed by atoms with E-state index in [9.17, 15) is 47.8 Å². The second-order valence-corrected chi connectivity index (χ2v) is 14.9. The van der Waals surface area contributed by atoms with Crippen LogP contribution in [-0.4, -0.2) is 98.6 Å². The van der Waals surface area contributed by atoms with Gasteiger partial charge in [0.1, 0.15) is 0 Å². The van der Waals surface area contributed by atoms with Gasteiger partial charge in [0, 0.05) is 93.2 Å². The minimum absolute atomic E-state index is 0.0808. The van der Waals surface area contributed by atoms with E-state index in [-0.39, 0.29) is 41.2 Å². The summed E-state index contributed by atoms with van der Waals surface area (Å²) in [7, 11) is -3.67. The van der Waals surface area contributed by atoms with E-state index in [1.165, 1.54) is 24.3 Å². The smallest absolute Gasteiger partial charge is 0.270 e. The molecule has 19 heteroatoms. The van der Waals surface area contributed by atoms with Crippen LogP contribution in [0.5, 0.6) is 0 Å². The second kappa shape index (κ2) is 15.0. The summed E-state index contributed by atoms with van der Waals surface area (Å²) < 4.78 is 25.9. The number of non-ortho nitro benzene ring substituents is 2. The average Bonchev–Trinajstić information content (AvgIpc) is 3.17. The zero-order valence-electron chi connectivity index (χ0n) is 30.0. The fourth-order valence-electron chi connectivity index (χ4n) is 7.25. The van der Waals surface area contributed by atoms with E-state index in [1.807, 2.05) is 0 Å². The zero-order valence-corrected chi connectivity index (χ0v) is 30.8. The van der Waals surface area contributed by atoms with Gasteiger partial charge in [-0.15, -0.1) is 0 Å². The Balaban J connectivity index is 0.000000935. The topological polar surface area (TPSA) is 253 Å². The average molecular weight is 794 g/mol. The molecule has 0 spiro atoms. The van der Waals surface area contributed by atoms with Gasteiger partial charge in [-0.25, -0.2) is 0 Å². The first-order valence-electron chi connectivity index (χ1n) is 17.5. The molecule has 0 aliphatic carbocycles. The lowest BCUT2D eigenvalue weighted by Crippen LogP contribution is -2.42. The van der Waals surface area contributed by atoms with Gasteiger partial charge >= 0.3 is 0 Å². The lowest BCUT2D eigenvalue weighted by atomic mass is 9.91. The van der Waals surface area contributed by atoms with Crippen LogP contribution < -0.4 is 5.32 Å². The standard InChI is InChI=1S/C37H27N7O8.CH4O3S/c45-34-26-14-20-6-3-10-39-32(20)24-16-22(43(49)50)18-28(30(24)26)36(47)41(34)12-2-1-8-38-9-5-13-42-35(46)27-15-21-7-4-11-40-33(21)25-17-23(44(51)52)19-29(31(25)27)37(42)48;1-5(2,3)4/h3-4,6-7,10-11,14-19,38H,1-2,5,8-9,12-13H2;1H3,(H,2,3,4). The summed E-state index contributed by atoms with van der Waals surface area (Å²) in [4.78, 5) is 87.5. The Morgan fingerprint density at radius 2 is 1.04 bits per heavy atom. The number of amides is 4. The molecule has 2 aromatic heterocycles. The quantitative estimate of drug-likeness (QED) is 0.0434. The van der Waals surface area contributed by atoms with Crippen LogP contribution in [0.1, 0.15) is 60.7 Å². The van der Waals surface area contributed by atoms with Gasteiger partial charge in [-0.05, 0) is 56.6 Å². The number of hydrogen-bond acceptors (Lipinski definition) is 13. The summed E-state index contributed by atoms with van der Waals surface area (Å²) in [5.41, 5.74) is 1.15. The van der Waals surface area contributed by atoms with Crippen molar-refractivity contribution in [2.75, 3.05) is 32.4 Å². The number of carbonyl (C=O) groups excluding carboxylic acids is 4. The summed E-state index contributed by atoms with van der Waals surface area (Å²) in [6.45, 7) is 1.14. The van der Waals surface area contributed by atoms with Crippen molar-refractivity contribution < 1.29 is 42.0 Å². The molecule has 2 aliphatic rings. The van der Waals surface area contributed by atoms with Gasteiger partial charge in [-0.2, -0.15) is 8.42 Å². The third kappa shape index (κ3) is 7.33. The molecular weight excluding hydrogens is 763 g/mol. The number of nitrogens with one attached hydrogen (secondary N) is 1. The van der Waals surface area contributed by atoms with Crippen molar-refractivity contribution in [1.82, 2.24) is 25.1 Å². The molecule has 0 radical (unpaired) electrons. The predicted octanol–water partition coefficient (Wildman–Crippen LogP) is 5.06. The molecule has 0 atom stereocenters. The SMILES string of the molecule is CS(=O)(=O)O.O=C1c2cc([N+](=O)[O-])cc3c2c(cc2cccnc23)C(=O)N1CCCCNCCCN1C(=O)c2cc([N+](=O)[O-])cc3c2c(cc2cccnc23)C1=O. The molecular formula is C38H31N7O11S. The number of unbranched alkanes of at least 4 members (excludes halogenated alkanes) is 1. The van der Waals surface area contributed by atoms with Gasteiger partial charge in [-0.3, -0.25) is 63.7 Å². The number of fused-ring (bicyclic) bond motifs is 4. The first kappa shape index (κ1) is 38.4. The molecule has 0 saturated carbocycles. The summed E-state index contributed by atoms with van der Waals surface area (Å²) in [5.74, 6) is -2.16. The van der Waals surface area contributed by atoms with Crippen molar-refractivity contribution in [3.63, 3.8) is 0 Å². The highest BCUT2D eigenvalue weighted by Crippen LogP contribution is 2.39. The molecule has 0 bridgehead atoms. The number of imide groups is 2. The van der Waals surface area contributed by atoms with E-state index in [4.69, 9.17) is 4.55 Å². The lowest BCUT2D eigenvalue weighted by molar-refractivity contribution is -0.384. The Morgan fingerprint density at radius 1 is 0.649 bits per heavy atom. The molecule has 4 heterocycles. The lowest BCUT2D eigenvalue weighted by Gasteiger charge is -2.28. The van der Waals surface area contributed by atoms with E-state index in [2.05, 4.69) is 15.3 Å². The predicted molar refractivity (Wildman–Crippen MR) is 207 cm³/mol. The molecule has 8 rings (SSSR count). The number of aromatic nitrogens is 2. The van der Waals surface area contributed by atoms with Gasteiger partial charge in [0.2, 0.25) is 0 Å². The highest BCUT2D eigenvalue weighted by atomic mass is 32.2. The number of nitro benzene ring substituents is 2. The van der Waals surface area contributed by atoms with Crippen molar-refractivity contribution in [3.8, 4) is 0 Å². The van der Waals surface area contributed by atoms with Gasteiger partial charge < -0.3 is 5.32 Å². The monoisotopic (exact) mass is 793 g/mol. The zero-order chi connectivity index (χ0) is 40.8. The molecule has 0 unspecified atom stereocenters. The first-order valence-corrected chi connectivity index (χ1v) is 19.3.